The normalized spacial score (nSPS) is 18.5. The molecular formula is C10H16N2O. The zero-order valence-corrected chi connectivity index (χ0v) is 8.05. The Morgan fingerprint density at radius 3 is 2.54 bits per heavy atom. The highest BCUT2D eigenvalue weighted by Gasteiger charge is 2.04. The number of carbonyl (C=O) groups is 1. The van der Waals surface area contributed by atoms with Gasteiger partial charge in [0, 0.05) is 6.20 Å². The van der Waals surface area contributed by atoms with Crippen LogP contribution in [0.4, 0.5) is 0 Å². The van der Waals surface area contributed by atoms with E-state index in [9.17, 15) is 4.79 Å². The lowest BCUT2D eigenvalue weighted by atomic mass is 9.96. The van der Waals surface area contributed by atoms with Crippen molar-refractivity contribution in [1.82, 2.24) is 0 Å². The first-order chi connectivity index (χ1) is 6.20. The van der Waals surface area contributed by atoms with Crippen molar-refractivity contribution in [3.8, 4) is 0 Å². The molecule has 0 saturated heterocycles. The molecule has 0 aromatic heterocycles. The van der Waals surface area contributed by atoms with Crippen molar-refractivity contribution in [1.29, 1.82) is 0 Å². The molecule has 3 nitrogen and oxygen atoms in total. The molecule has 1 aliphatic carbocycles. The number of allylic oxidation sites excluding steroid dienone is 1. The summed E-state index contributed by atoms with van der Waals surface area (Å²) in [4.78, 5) is 14.7. The summed E-state index contributed by atoms with van der Waals surface area (Å²) in [6.45, 7) is 1.64. The van der Waals surface area contributed by atoms with Crippen molar-refractivity contribution in [2.45, 2.75) is 39.0 Å². The highest BCUT2D eigenvalue weighted by molar-refractivity contribution is 6.37. The van der Waals surface area contributed by atoms with Gasteiger partial charge in [-0.25, -0.2) is 0 Å². The van der Waals surface area contributed by atoms with Crippen LogP contribution in [0.5, 0.6) is 0 Å². The van der Waals surface area contributed by atoms with Crippen LogP contribution < -0.4 is 5.73 Å². The molecule has 0 atom stereocenters. The Labute approximate surface area is 78.7 Å². The van der Waals surface area contributed by atoms with Crippen LogP contribution in [0.2, 0.25) is 0 Å². The summed E-state index contributed by atoms with van der Waals surface area (Å²) in [5, 5.41) is 0. The number of nitrogens with two attached hydrogens (primary N) is 1. The van der Waals surface area contributed by atoms with E-state index in [1.54, 1.807) is 13.1 Å². The molecule has 1 saturated carbocycles. The number of primary amides is 1. The summed E-state index contributed by atoms with van der Waals surface area (Å²) < 4.78 is 0. The molecule has 0 aromatic carbocycles. The van der Waals surface area contributed by atoms with Gasteiger partial charge in [-0.15, -0.1) is 0 Å². The number of amides is 1. The van der Waals surface area contributed by atoms with Gasteiger partial charge in [0.25, 0.3) is 5.91 Å². The van der Waals surface area contributed by atoms with E-state index in [0.717, 1.165) is 12.8 Å². The highest BCUT2D eigenvalue weighted by Crippen LogP contribution is 2.22. The van der Waals surface area contributed by atoms with Crippen LogP contribution in [0.1, 0.15) is 39.0 Å². The Balaban J connectivity index is 2.54. The van der Waals surface area contributed by atoms with E-state index in [1.165, 1.54) is 24.8 Å². The van der Waals surface area contributed by atoms with Gasteiger partial charge in [0.05, 0.1) is 0 Å². The third kappa shape index (κ3) is 3.40. The maximum atomic E-state index is 10.6. The maximum Gasteiger partial charge on any atom is 0.262 e. The second-order valence-electron chi connectivity index (χ2n) is 3.43. The standard InChI is InChI=1S/C10H16N2O/c1-8(10(11)13)12-7-9-5-3-2-4-6-9/h7H,2-6H2,1H3,(H2,11,13)/b12-8+. The predicted octanol–water partition coefficient (Wildman–Crippen LogP) is 1.78. The largest absolute Gasteiger partial charge is 0.365 e. The first-order valence-corrected chi connectivity index (χ1v) is 4.72. The summed E-state index contributed by atoms with van der Waals surface area (Å²) in [7, 11) is 0. The second-order valence-corrected chi connectivity index (χ2v) is 3.43. The fourth-order valence-corrected chi connectivity index (χ4v) is 1.39. The third-order valence-electron chi connectivity index (χ3n) is 2.29. The molecular weight excluding hydrogens is 164 g/mol. The smallest absolute Gasteiger partial charge is 0.262 e. The molecule has 72 valence electrons. The van der Waals surface area contributed by atoms with Crippen LogP contribution in [-0.2, 0) is 4.79 Å². The number of rotatable bonds is 2. The molecule has 0 aromatic rings. The molecule has 0 unspecified atom stereocenters. The van der Waals surface area contributed by atoms with Gasteiger partial charge in [0.15, 0.2) is 0 Å². The quantitative estimate of drug-likeness (QED) is 0.647. The first-order valence-electron chi connectivity index (χ1n) is 4.72. The van der Waals surface area contributed by atoms with Crippen molar-refractivity contribution in [3.63, 3.8) is 0 Å². The molecule has 0 aliphatic heterocycles. The average Bonchev–Trinajstić information content (AvgIpc) is 2.15. The van der Waals surface area contributed by atoms with Crippen molar-refractivity contribution in [2.24, 2.45) is 10.7 Å². The minimum absolute atomic E-state index is 0.387. The van der Waals surface area contributed by atoms with Crippen molar-refractivity contribution < 1.29 is 4.79 Å². The first kappa shape index (κ1) is 9.96. The van der Waals surface area contributed by atoms with Crippen LogP contribution in [0.3, 0.4) is 0 Å². The van der Waals surface area contributed by atoms with E-state index in [-0.39, 0.29) is 0 Å². The van der Waals surface area contributed by atoms with Gasteiger partial charge >= 0.3 is 0 Å². The third-order valence-corrected chi connectivity index (χ3v) is 2.29. The molecule has 1 fully saturated rings. The maximum absolute atomic E-state index is 10.6. The van der Waals surface area contributed by atoms with Crippen LogP contribution >= 0.6 is 0 Å². The molecule has 3 heteroatoms. The zero-order chi connectivity index (χ0) is 9.68. The van der Waals surface area contributed by atoms with Crippen LogP contribution in [-0.4, -0.2) is 11.6 Å². The van der Waals surface area contributed by atoms with Gasteiger partial charge in [-0.05, 0) is 32.6 Å². The number of carbonyl (C=O) groups excluding carboxylic acids is 1. The second kappa shape index (κ2) is 4.80. The highest BCUT2D eigenvalue weighted by atomic mass is 16.1. The lowest BCUT2D eigenvalue weighted by Gasteiger charge is -2.11. The summed E-state index contributed by atoms with van der Waals surface area (Å²) in [6.07, 6.45) is 7.86. The average molecular weight is 180 g/mol. The Hall–Kier alpha value is -1.12. The predicted molar refractivity (Wildman–Crippen MR) is 53.5 cm³/mol. The Bertz CT molecular complexity index is 246. The van der Waals surface area contributed by atoms with Gasteiger partial charge in [-0.1, -0.05) is 12.0 Å². The molecule has 0 radical (unpaired) electrons. The van der Waals surface area contributed by atoms with E-state index in [2.05, 4.69) is 4.99 Å². The van der Waals surface area contributed by atoms with Crippen LogP contribution in [0.15, 0.2) is 16.8 Å². The van der Waals surface area contributed by atoms with Gasteiger partial charge in [0.2, 0.25) is 0 Å². The van der Waals surface area contributed by atoms with E-state index >= 15 is 0 Å². The Morgan fingerprint density at radius 2 is 2.00 bits per heavy atom. The van der Waals surface area contributed by atoms with Gasteiger partial charge < -0.3 is 5.73 Å². The van der Waals surface area contributed by atoms with E-state index in [4.69, 9.17) is 5.73 Å². The van der Waals surface area contributed by atoms with E-state index in [1.807, 2.05) is 0 Å². The number of hydrogen-bond donors (Lipinski definition) is 1. The molecule has 13 heavy (non-hydrogen) atoms. The molecule has 1 amide bonds. The van der Waals surface area contributed by atoms with E-state index in [0.29, 0.717) is 5.71 Å². The molecule has 1 aliphatic rings. The summed E-state index contributed by atoms with van der Waals surface area (Å²) in [5.74, 6) is -0.437. The summed E-state index contributed by atoms with van der Waals surface area (Å²) in [6, 6.07) is 0. The lowest BCUT2D eigenvalue weighted by Crippen LogP contribution is -2.19. The van der Waals surface area contributed by atoms with Gasteiger partial charge in [0.1, 0.15) is 5.71 Å². The Morgan fingerprint density at radius 1 is 1.38 bits per heavy atom. The van der Waals surface area contributed by atoms with Gasteiger partial charge in [-0.2, -0.15) is 0 Å². The summed E-state index contributed by atoms with van der Waals surface area (Å²) >= 11 is 0. The van der Waals surface area contributed by atoms with Crippen molar-refractivity contribution in [3.05, 3.63) is 11.8 Å². The number of nitrogens with zero attached hydrogens (tertiary/aromatic N) is 1. The summed E-state index contributed by atoms with van der Waals surface area (Å²) in [5.41, 5.74) is 6.78. The lowest BCUT2D eigenvalue weighted by molar-refractivity contribution is -0.112. The number of aliphatic imine (C=N–C) groups is 1. The van der Waals surface area contributed by atoms with Crippen molar-refractivity contribution >= 4 is 11.6 Å². The molecule has 1 rings (SSSR count). The van der Waals surface area contributed by atoms with Crippen molar-refractivity contribution in [2.75, 3.05) is 0 Å². The SMILES string of the molecule is C/C(=N\C=C1CCCCC1)C(N)=O. The van der Waals surface area contributed by atoms with Crippen LogP contribution in [0, 0.1) is 0 Å². The minimum Gasteiger partial charge on any atom is -0.365 e. The molecule has 0 heterocycles. The minimum atomic E-state index is -0.437. The van der Waals surface area contributed by atoms with Gasteiger partial charge in [-0.3, -0.25) is 9.79 Å². The fourth-order valence-electron chi connectivity index (χ4n) is 1.39. The Kier molecular flexibility index (Phi) is 3.68. The number of hydrogen-bond acceptors (Lipinski definition) is 2. The van der Waals surface area contributed by atoms with E-state index < -0.39 is 5.91 Å². The topological polar surface area (TPSA) is 55.4 Å². The van der Waals surface area contributed by atoms with Crippen LogP contribution in [0.25, 0.3) is 0 Å². The fraction of sp³-hybridized carbons (Fsp3) is 0.600. The molecule has 0 bridgehead atoms. The monoisotopic (exact) mass is 180 g/mol. The molecule has 2 N–H and O–H groups in total. The zero-order valence-electron chi connectivity index (χ0n) is 8.05. The molecule has 0 spiro atoms.